The standard InChI is InChI=1S/C53H102O6/c1-4-7-10-13-15-17-19-20-21-22-23-24-25-26-27-28-29-30-31-32-33-34-36-37-40-43-46-52(55)58-49-50(48-57-51(54)45-42-39-12-9-6-3)59-53(56)47-44-41-38-35-18-16-14-11-8-5-2/h50H,4-49H2,1-3H3. The zero-order valence-electron chi connectivity index (χ0n) is 40.1. The number of hydrogen-bond acceptors (Lipinski definition) is 6. The molecule has 0 aliphatic rings. The lowest BCUT2D eigenvalue weighted by Gasteiger charge is -2.18. The third-order valence-corrected chi connectivity index (χ3v) is 12.1. The molecule has 0 N–H and O–H groups in total. The van der Waals surface area contributed by atoms with E-state index in [4.69, 9.17) is 14.2 Å². The van der Waals surface area contributed by atoms with Crippen molar-refractivity contribution in [3.05, 3.63) is 0 Å². The molecule has 1 atom stereocenters. The summed E-state index contributed by atoms with van der Waals surface area (Å²) in [6.45, 7) is 6.58. The van der Waals surface area contributed by atoms with Crippen molar-refractivity contribution in [2.45, 2.75) is 309 Å². The van der Waals surface area contributed by atoms with Crippen molar-refractivity contribution in [2.24, 2.45) is 0 Å². The first kappa shape index (κ1) is 57.4. The second-order valence-corrected chi connectivity index (χ2v) is 18.2. The Morgan fingerprint density at radius 2 is 0.458 bits per heavy atom. The molecule has 0 fully saturated rings. The van der Waals surface area contributed by atoms with Crippen molar-refractivity contribution in [1.82, 2.24) is 0 Å². The van der Waals surface area contributed by atoms with Crippen molar-refractivity contribution in [3.63, 3.8) is 0 Å². The summed E-state index contributed by atoms with van der Waals surface area (Å²) >= 11 is 0. The summed E-state index contributed by atoms with van der Waals surface area (Å²) in [5.41, 5.74) is 0. The zero-order valence-corrected chi connectivity index (χ0v) is 40.1. The van der Waals surface area contributed by atoms with E-state index in [1.165, 1.54) is 199 Å². The first-order valence-corrected chi connectivity index (χ1v) is 26.5. The lowest BCUT2D eigenvalue weighted by atomic mass is 10.0. The topological polar surface area (TPSA) is 78.9 Å². The van der Waals surface area contributed by atoms with Gasteiger partial charge in [0.25, 0.3) is 0 Å². The molecule has 0 aromatic heterocycles. The van der Waals surface area contributed by atoms with Crippen LogP contribution in [-0.4, -0.2) is 37.2 Å². The summed E-state index contributed by atoms with van der Waals surface area (Å²) in [7, 11) is 0. The highest BCUT2D eigenvalue weighted by Crippen LogP contribution is 2.17. The lowest BCUT2D eigenvalue weighted by Crippen LogP contribution is -2.30. The van der Waals surface area contributed by atoms with Gasteiger partial charge in [0.1, 0.15) is 13.2 Å². The van der Waals surface area contributed by atoms with Gasteiger partial charge in [0, 0.05) is 19.3 Å². The third-order valence-electron chi connectivity index (χ3n) is 12.1. The Morgan fingerprint density at radius 3 is 0.678 bits per heavy atom. The first-order valence-electron chi connectivity index (χ1n) is 26.5. The number of carbonyl (C=O) groups is 3. The average Bonchev–Trinajstić information content (AvgIpc) is 3.23. The predicted octanol–water partition coefficient (Wildman–Crippen LogP) is 17.2. The molecule has 59 heavy (non-hydrogen) atoms. The number of rotatable bonds is 49. The van der Waals surface area contributed by atoms with Crippen LogP contribution < -0.4 is 0 Å². The van der Waals surface area contributed by atoms with E-state index < -0.39 is 6.10 Å². The Morgan fingerprint density at radius 1 is 0.271 bits per heavy atom. The smallest absolute Gasteiger partial charge is 0.306 e. The molecule has 0 aromatic rings. The number of unbranched alkanes of at least 4 members (excludes halogenated alkanes) is 38. The number of esters is 3. The fourth-order valence-corrected chi connectivity index (χ4v) is 8.09. The van der Waals surface area contributed by atoms with Crippen LogP contribution in [0.3, 0.4) is 0 Å². The fourth-order valence-electron chi connectivity index (χ4n) is 8.09. The van der Waals surface area contributed by atoms with E-state index in [0.29, 0.717) is 19.3 Å². The summed E-state index contributed by atoms with van der Waals surface area (Å²) < 4.78 is 16.6. The first-order chi connectivity index (χ1) is 29.0. The Labute approximate surface area is 368 Å². The normalized spacial score (nSPS) is 11.8. The summed E-state index contributed by atoms with van der Waals surface area (Å²) in [4.78, 5) is 37.5. The molecule has 350 valence electrons. The number of hydrogen-bond donors (Lipinski definition) is 0. The maximum Gasteiger partial charge on any atom is 0.306 e. The fraction of sp³-hybridized carbons (Fsp3) is 0.943. The van der Waals surface area contributed by atoms with Gasteiger partial charge in [0.05, 0.1) is 0 Å². The molecule has 1 unspecified atom stereocenters. The molecule has 0 aliphatic heterocycles. The van der Waals surface area contributed by atoms with Crippen LogP contribution in [0, 0.1) is 0 Å². The predicted molar refractivity (Wildman–Crippen MR) is 252 cm³/mol. The van der Waals surface area contributed by atoms with Gasteiger partial charge in [-0.2, -0.15) is 0 Å². The van der Waals surface area contributed by atoms with Crippen LogP contribution in [0.2, 0.25) is 0 Å². The monoisotopic (exact) mass is 835 g/mol. The number of carbonyl (C=O) groups excluding carboxylic acids is 3. The molecule has 0 spiro atoms. The molecule has 0 amide bonds. The van der Waals surface area contributed by atoms with Crippen LogP contribution in [0.5, 0.6) is 0 Å². The van der Waals surface area contributed by atoms with Crippen LogP contribution in [0.1, 0.15) is 303 Å². The van der Waals surface area contributed by atoms with Gasteiger partial charge in [-0.15, -0.1) is 0 Å². The van der Waals surface area contributed by atoms with Crippen LogP contribution in [0.25, 0.3) is 0 Å². The molecule has 0 aliphatic carbocycles. The third kappa shape index (κ3) is 47.3. The van der Waals surface area contributed by atoms with Crippen LogP contribution in [-0.2, 0) is 28.6 Å². The minimum Gasteiger partial charge on any atom is -0.462 e. The molecule has 0 saturated carbocycles. The van der Waals surface area contributed by atoms with Gasteiger partial charge in [-0.3, -0.25) is 14.4 Å². The molecular weight excluding hydrogens is 733 g/mol. The maximum atomic E-state index is 12.6. The summed E-state index contributed by atoms with van der Waals surface area (Å²) in [6.07, 6.45) is 53.0. The van der Waals surface area contributed by atoms with E-state index in [1.807, 2.05) is 0 Å². The van der Waals surface area contributed by atoms with Gasteiger partial charge in [-0.1, -0.05) is 265 Å². The number of ether oxygens (including phenoxy) is 3. The van der Waals surface area contributed by atoms with Crippen LogP contribution in [0.4, 0.5) is 0 Å². The van der Waals surface area contributed by atoms with E-state index in [-0.39, 0.29) is 31.1 Å². The van der Waals surface area contributed by atoms with Gasteiger partial charge in [-0.05, 0) is 19.3 Å². The molecule has 0 heterocycles. The second-order valence-electron chi connectivity index (χ2n) is 18.2. The Hall–Kier alpha value is -1.59. The van der Waals surface area contributed by atoms with Crippen molar-refractivity contribution < 1.29 is 28.6 Å². The van der Waals surface area contributed by atoms with Gasteiger partial charge < -0.3 is 14.2 Å². The van der Waals surface area contributed by atoms with E-state index in [2.05, 4.69) is 20.8 Å². The zero-order chi connectivity index (χ0) is 43.0. The summed E-state index contributed by atoms with van der Waals surface area (Å²) in [5.74, 6) is -0.863. The minimum atomic E-state index is -0.757. The molecule has 0 aromatic carbocycles. The van der Waals surface area contributed by atoms with Crippen molar-refractivity contribution in [1.29, 1.82) is 0 Å². The quantitative estimate of drug-likeness (QED) is 0.0345. The van der Waals surface area contributed by atoms with Gasteiger partial charge >= 0.3 is 17.9 Å². The Kier molecular flexibility index (Phi) is 47.7. The molecule has 6 heteroatoms. The van der Waals surface area contributed by atoms with Crippen molar-refractivity contribution in [3.8, 4) is 0 Å². The largest absolute Gasteiger partial charge is 0.462 e. The maximum absolute atomic E-state index is 12.6. The van der Waals surface area contributed by atoms with Gasteiger partial charge in [-0.25, -0.2) is 0 Å². The van der Waals surface area contributed by atoms with Gasteiger partial charge in [0.2, 0.25) is 0 Å². The van der Waals surface area contributed by atoms with Crippen LogP contribution in [0.15, 0.2) is 0 Å². The molecule has 0 radical (unpaired) electrons. The Bertz CT molecular complexity index is 874. The second kappa shape index (κ2) is 49.1. The Balaban J connectivity index is 3.90. The van der Waals surface area contributed by atoms with Crippen LogP contribution >= 0.6 is 0 Å². The SMILES string of the molecule is CCCCCCCCCCCCCCCCCCCCCCCCCCCCC(=O)OCC(COC(=O)CCCCCCC)OC(=O)CCCCCCCCCCCC. The summed E-state index contributed by atoms with van der Waals surface area (Å²) in [5, 5.41) is 0. The van der Waals surface area contributed by atoms with E-state index >= 15 is 0 Å². The highest BCUT2D eigenvalue weighted by molar-refractivity contribution is 5.71. The van der Waals surface area contributed by atoms with E-state index in [0.717, 1.165) is 64.2 Å². The van der Waals surface area contributed by atoms with E-state index in [9.17, 15) is 14.4 Å². The molecule has 6 nitrogen and oxygen atoms in total. The highest BCUT2D eigenvalue weighted by Gasteiger charge is 2.19. The highest BCUT2D eigenvalue weighted by atomic mass is 16.6. The minimum absolute atomic E-state index is 0.0636. The molecule has 0 saturated heterocycles. The summed E-state index contributed by atoms with van der Waals surface area (Å²) in [6, 6.07) is 0. The van der Waals surface area contributed by atoms with Crippen molar-refractivity contribution >= 4 is 17.9 Å². The lowest BCUT2D eigenvalue weighted by molar-refractivity contribution is -0.167. The van der Waals surface area contributed by atoms with E-state index in [1.54, 1.807) is 0 Å². The van der Waals surface area contributed by atoms with Gasteiger partial charge in [0.15, 0.2) is 6.10 Å². The van der Waals surface area contributed by atoms with Crippen molar-refractivity contribution in [2.75, 3.05) is 13.2 Å². The molecule has 0 bridgehead atoms. The molecule has 0 rings (SSSR count). The molecular formula is C53H102O6. The average molecular weight is 835 g/mol.